The summed E-state index contributed by atoms with van der Waals surface area (Å²) in [6, 6.07) is 8.02. The number of hydrogen-bond acceptors (Lipinski definition) is 5. The van der Waals surface area contributed by atoms with E-state index in [4.69, 9.17) is 4.74 Å². The molecule has 1 fully saturated rings. The lowest BCUT2D eigenvalue weighted by atomic mass is 9.92. The third-order valence-electron chi connectivity index (χ3n) is 4.67. The van der Waals surface area contributed by atoms with Gasteiger partial charge in [0.2, 0.25) is 0 Å². The van der Waals surface area contributed by atoms with E-state index in [-0.39, 0.29) is 12.0 Å². The maximum absolute atomic E-state index is 12.7. The van der Waals surface area contributed by atoms with Gasteiger partial charge < -0.3 is 15.4 Å². The van der Waals surface area contributed by atoms with Crippen LogP contribution in [0.5, 0.6) is 0 Å². The number of carbonyl (C=O) groups is 4. The Labute approximate surface area is 158 Å². The number of nitrogens with zero attached hydrogens (tertiary/aromatic N) is 1. The fourth-order valence-electron chi connectivity index (χ4n) is 2.59. The summed E-state index contributed by atoms with van der Waals surface area (Å²) >= 11 is 0. The van der Waals surface area contributed by atoms with Gasteiger partial charge in [-0.25, -0.2) is 4.79 Å². The van der Waals surface area contributed by atoms with Gasteiger partial charge in [0.25, 0.3) is 11.8 Å². The van der Waals surface area contributed by atoms with E-state index < -0.39 is 42.5 Å². The number of ether oxygens (including phenoxy) is 1. The van der Waals surface area contributed by atoms with Crippen molar-refractivity contribution < 1.29 is 23.9 Å². The Morgan fingerprint density at radius 2 is 1.81 bits per heavy atom. The maximum Gasteiger partial charge on any atom is 0.326 e. The molecular formula is C19H25N3O5. The highest BCUT2D eigenvalue weighted by Gasteiger charge is 2.49. The molecule has 0 bridgehead atoms. The van der Waals surface area contributed by atoms with Crippen molar-refractivity contribution in [1.82, 2.24) is 15.5 Å². The smallest absolute Gasteiger partial charge is 0.326 e. The van der Waals surface area contributed by atoms with Crippen LogP contribution in [0, 0.1) is 5.92 Å². The van der Waals surface area contributed by atoms with Gasteiger partial charge in [-0.15, -0.1) is 0 Å². The van der Waals surface area contributed by atoms with E-state index >= 15 is 0 Å². The molecule has 4 amide bonds. The fourth-order valence-corrected chi connectivity index (χ4v) is 2.59. The number of nitrogens with one attached hydrogen (secondary N) is 2. The number of esters is 1. The molecule has 27 heavy (non-hydrogen) atoms. The highest BCUT2D eigenvalue weighted by molar-refractivity contribution is 6.08. The number of amides is 4. The van der Waals surface area contributed by atoms with Gasteiger partial charge in [0.15, 0.2) is 6.61 Å². The van der Waals surface area contributed by atoms with E-state index in [2.05, 4.69) is 10.6 Å². The zero-order valence-corrected chi connectivity index (χ0v) is 15.9. The minimum Gasteiger partial charge on any atom is -0.454 e. The molecule has 1 aromatic carbocycles. The van der Waals surface area contributed by atoms with E-state index in [1.807, 2.05) is 20.8 Å². The van der Waals surface area contributed by atoms with Gasteiger partial charge in [-0.1, -0.05) is 44.2 Å². The Balaban J connectivity index is 1.93. The molecule has 8 heteroatoms. The average molecular weight is 375 g/mol. The highest BCUT2D eigenvalue weighted by atomic mass is 16.5. The largest absolute Gasteiger partial charge is 0.454 e. The first-order valence-electron chi connectivity index (χ1n) is 8.79. The molecule has 2 N–H and O–H groups in total. The zero-order valence-electron chi connectivity index (χ0n) is 15.9. The monoisotopic (exact) mass is 375 g/mol. The van der Waals surface area contributed by atoms with Gasteiger partial charge >= 0.3 is 12.0 Å². The van der Waals surface area contributed by atoms with Crippen molar-refractivity contribution in [3.05, 3.63) is 35.9 Å². The number of urea groups is 1. The Morgan fingerprint density at radius 1 is 1.19 bits per heavy atom. The van der Waals surface area contributed by atoms with Crippen LogP contribution in [0.2, 0.25) is 0 Å². The SMILES string of the molecule is CC(C)[C@H](C)NC(=O)COC(=O)CN1C(=O)N[C@@](C)(c2ccccc2)C1=O. The summed E-state index contributed by atoms with van der Waals surface area (Å²) < 4.78 is 4.89. The Hall–Kier alpha value is -2.90. The summed E-state index contributed by atoms with van der Waals surface area (Å²) in [5.74, 6) is -1.57. The van der Waals surface area contributed by atoms with Crippen molar-refractivity contribution in [2.24, 2.45) is 5.92 Å². The van der Waals surface area contributed by atoms with Gasteiger partial charge in [0, 0.05) is 6.04 Å². The highest BCUT2D eigenvalue weighted by Crippen LogP contribution is 2.28. The second-order valence-corrected chi connectivity index (χ2v) is 7.07. The fraction of sp³-hybridized carbons (Fsp3) is 0.474. The van der Waals surface area contributed by atoms with Gasteiger partial charge in [-0.2, -0.15) is 0 Å². The minimum atomic E-state index is -1.25. The molecule has 1 aliphatic heterocycles. The normalized spacial score (nSPS) is 20.4. The van der Waals surface area contributed by atoms with E-state index in [0.717, 1.165) is 4.90 Å². The Bertz CT molecular complexity index is 734. The molecule has 0 saturated carbocycles. The number of rotatable bonds is 7. The van der Waals surface area contributed by atoms with Gasteiger partial charge in [-0.05, 0) is 25.3 Å². The Kier molecular flexibility index (Phi) is 6.20. The van der Waals surface area contributed by atoms with Crippen LogP contribution in [0.25, 0.3) is 0 Å². The molecule has 0 aromatic heterocycles. The molecule has 1 saturated heterocycles. The lowest BCUT2D eigenvalue weighted by molar-refractivity contribution is -0.151. The molecule has 0 spiro atoms. The second kappa shape index (κ2) is 8.20. The number of hydrogen-bond donors (Lipinski definition) is 2. The third-order valence-corrected chi connectivity index (χ3v) is 4.67. The van der Waals surface area contributed by atoms with Crippen molar-refractivity contribution in [2.75, 3.05) is 13.2 Å². The molecule has 0 aliphatic carbocycles. The maximum atomic E-state index is 12.7. The van der Waals surface area contributed by atoms with E-state index in [1.165, 1.54) is 0 Å². The molecule has 8 nitrogen and oxygen atoms in total. The summed E-state index contributed by atoms with van der Waals surface area (Å²) in [6.45, 7) is 6.32. The van der Waals surface area contributed by atoms with Crippen LogP contribution >= 0.6 is 0 Å². The molecule has 2 rings (SSSR count). The van der Waals surface area contributed by atoms with Crippen LogP contribution in [0.3, 0.4) is 0 Å². The van der Waals surface area contributed by atoms with Crippen LogP contribution in [-0.4, -0.2) is 47.9 Å². The summed E-state index contributed by atoms with van der Waals surface area (Å²) in [7, 11) is 0. The van der Waals surface area contributed by atoms with E-state index in [9.17, 15) is 19.2 Å². The second-order valence-electron chi connectivity index (χ2n) is 7.07. The lowest BCUT2D eigenvalue weighted by Crippen LogP contribution is -2.42. The van der Waals surface area contributed by atoms with Crippen molar-refractivity contribution in [2.45, 2.75) is 39.3 Å². The number of imide groups is 1. The number of carbonyl (C=O) groups excluding carboxylic acids is 4. The lowest BCUT2D eigenvalue weighted by Gasteiger charge is -2.22. The Morgan fingerprint density at radius 3 is 2.41 bits per heavy atom. The van der Waals surface area contributed by atoms with Crippen molar-refractivity contribution in [3.8, 4) is 0 Å². The number of benzene rings is 1. The quantitative estimate of drug-likeness (QED) is 0.550. The first-order chi connectivity index (χ1) is 12.6. The standard InChI is InChI=1S/C19H25N3O5/c1-12(2)13(3)20-15(23)11-27-16(24)10-22-17(25)19(4,21-18(22)26)14-8-6-5-7-9-14/h5-9,12-13H,10-11H2,1-4H3,(H,20,23)(H,21,26)/t13-,19-/m0/s1. The topological polar surface area (TPSA) is 105 Å². The van der Waals surface area contributed by atoms with Crippen molar-refractivity contribution >= 4 is 23.8 Å². The first-order valence-corrected chi connectivity index (χ1v) is 8.79. The van der Waals surface area contributed by atoms with Gasteiger partial charge in [-0.3, -0.25) is 19.3 Å². The zero-order chi connectivity index (χ0) is 20.2. The van der Waals surface area contributed by atoms with Crippen LogP contribution in [0.15, 0.2) is 30.3 Å². The average Bonchev–Trinajstić information content (AvgIpc) is 2.85. The predicted octanol–water partition coefficient (Wildman–Crippen LogP) is 1.16. The molecule has 2 atom stereocenters. The molecule has 1 heterocycles. The van der Waals surface area contributed by atoms with Gasteiger partial charge in [0.1, 0.15) is 12.1 Å². The third kappa shape index (κ3) is 4.64. The van der Waals surface area contributed by atoms with Crippen LogP contribution < -0.4 is 10.6 Å². The molecule has 0 unspecified atom stereocenters. The van der Waals surface area contributed by atoms with E-state index in [0.29, 0.717) is 5.56 Å². The van der Waals surface area contributed by atoms with Crippen LogP contribution in [-0.2, 0) is 24.7 Å². The molecular weight excluding hydrogens is 350 g/mol. The molecule has 146 valence electrons. The van der Waals surface area contributed by atoms with Gasteiger partial charge in [0.05, 0.1) is 0 Å². The summed E-state index contributed by atoms with van der Waals surface area (Å²) in [6.07, 6.45) is 0. The van der Waals surface area contributed by atoms with Crippen LogP contribution in [0.4, 0.5) is 4.79 Å². The molecule has 1 aliphatic rings. The van der Waals surface area contributed by atoms with Crippen molar-refractivity contribution in [1.29, 1.82) is 0 Å². The minimum absolute atomic E-state index is 0.0614. The van der Waals surface area contributed by atoms with Crippen molar-refractivity contribution in [3.63, 3.8) is 0 Å². The summed E-state index contributed by atoms with van der Waals surface area (Å²) in [4.78, 5) is 49.4. The van der Waals surface area contributed by atoms with Crippen LogP contribution in [0.1, 0.15) is 33.3 Å². The molecule has 0 radical (unpaired) electrons. The molecule has 1 aromatic rings. The summed E-state index contributed by atoms with van der Waals surface area (Å²) in [5, 5.41) is 5.31. The predicted molar refractivity (Wildman–Crippen MR) is 97.4 cm³/mol. The summed E-state index contributed by atoms with van der Waals surface area (Å²) in [5.41, 5.74) is -0.635. The first kappa shape index (κ1) is 20.4. The van der Waals surface area contributed by atoms with E-state index in [1.54, 1.807) is 37.3 Å².